The number of nitrogen functional groups attached to an aromatic ring is 1. The van der Waals surface area contributed by atoms with Gasteiger partial charge in [0.15, 0.2) is 10.1 Å². The second kappa shape index (κ2) is 7.85. The van der Waals surface area contributed by atoms with Gasteiger partial charge in [-0.15, -0.1) is 11.3 Å². The molecule has 3 N–H and O–H groups in total. The molecule has 1 aromatic carbocycles. The number of rotatable bonds is 7. The number of fused-ring (bicyclic) bond motifs is 1. The van der Waals surface area contributed by atoms with E-state index in [0.29, 0.717) is 0 Å². The number of thioether (sulfide) groups is 1. The number of nitrogens with one attached hydrogen (secondary N) is 1. The summed E-state index contributed by atoms with van der Waals surface area (Å²) in [7, 11) is 1.48. The van der Waals surface area contributed by atoms with E-state index < -0.39 is 17.0 Å². The number of carbonyl (C=O) groups excluding carboxylic acids is 1. The normalized spacial score (nSPS) is 11.1. The van der Waals surface area contributed by atoms with Crippen LogP contribution in [0.15, 0.2) is 38.2 Å². The molecule has 8 nitrogen and oxygen atoms in total. The molecular formula is C16H16N4O4S2. The number of ether oxygens (including phenoxy) is 1. The van der Waals surface area contributed by atoms with E-state index in [1.54, 1.807) is 0 Å². The molecule has 0 saturated heterocycles. The number of hydrogen-bond donors (Lipinski definition) is 2. The molecule has 0 aliphatic carbocycles. The lowest BCUT2D eigenvalue weighted by Crippen LogP contribution is -2.37. The van der Waals surface area contributed by atoms with Crippen LogP contribution >= 0.6 is 23.1 Å². The highest BCUT2D eigenvalue weighted by atomic mass is 32.2. The van der Waals surface area contributed by atoms with E-state index >= 15 is 0 Å². The third-order valence-corrected chi connectivity index (χ3v) is 5.82. The van der Waals surface area contributed by atoms with Crippen LogP contribution in [0.5, 0.6) is 0 Å². The van der Waals surface area contributed by atoms with Crippen LogP contribution in [0.4, 0.5) is 5.82 Å². The first kappa shape index (κ1) is 18.4. The maximum absolute atomic E-state index is 12.5. The van der Waals surface area contributed by atoms with Crippen molar-refractivity contribution in [3.05, 3.63) is 50.7 Å². The number of para-hydroxylation sites is 1. The van der Waals surface area contributed by atoms with Gasteiger partial charge in [0.1, 0.15) is 11.4 Å². The van der Waals surface area contributed by atoms with Gasteiger partial charge in [-0.2, -0.15) is 0 Å². The fourth-order valence-electron chi connectivity index (χ4n) is 2.37. The van der Waals surface area contributed by atoms with E-state index in [-0.39, 0.29) is 30.3 Å². The van der Waals surface area contributed by atoms with Gasteiger partial charge in [-0.3, -0.25) is 19.1 Å². The van der Waals surface area contributed by atoms with Gasteiger partial charge in [-0.25, -0.2) is 9.78 Å². The zero-order valence-electron chi connectivity index (χ0n) is 13.9. The molecule has 0 radical (unpaired) electrons. The molecule has 3 aromatic rings. The van der Waals surface area contributed by atoms with E-state index in [1.165, 1.54) is 30.2 Å². The molecule has 0 bridgehead atoms. The van der Waals surface area contributed by atoms with Crippen LogP contribution in [0.1, 0.15) is 10.4 Å². The van der Waals surface area contributed by atoms with Crippen molar-refractivity contribution in [2.45, 2.75) is 10.9 Å². The summed E-state index contributed by atoms with van der Waals surface area (Å²) in [5.74, 6) is -0.611. The van der Waals surface area contributed by atoms with Crippen molar-refractivity contribution in [3.8, 4) is 0 Å². The molecule has 0 fully saturated rings. The van der Waals surface area contributed by atoms with Crippen molar-refractivity contribution in [1.82, 2.24) is 14.5 Å². The average Bonchev–Trinajstić information content (AvgIpc) is 3.02. The number of hydrogen-bond acceptors (Lipinski definition) is 8. The molecule has 10 heteroatoms. The van der Waals surface area contributed by atoms with Crippen LogP contribution in [-0.4, -0.2) is 39.8 Å². The largest absolute Gasteiger partial charge is 0.384 e. The second-order valence-electron chi connectivity index (χ2n) is 5.32. The third-order valence-electron chi connectivity index (χ3n) is 3.64. The summed E-state index contributed by atoms with van der Waals surface area (Å²) >= 11 is 2.70. The summed E-state index contributed by atoms with van der Waals surface area (Å²) in [6.45, 7) is 0.369. The minimum Gasteiger partial charge on any atom is -0.384 e. The Balaban J connectivity index is 1.82. The van der Waals surface area contributed by atoms with Gasteiger partial charge in [0, 0.05) is 7.11 Å². The number of nitrogens with zero attached hydrogens (tertiary/aromatic N) is 2. The molecule has 0 atom stereocenters. The number of benzene rings is 1. The number of anilines is 1. The maximum atomic E-state index is 12.5. The van der Waals surface area contributed by atoms with Crippen molar-refractivity contribution < 1.29 is 9.53 Å². The van der Waals surface area contributed by atoms with Gasteiger partial charge < -0.3 is 10.5 Å². The fraction of sp³-hybridized carbons (Fsp3) is 0.250. The number of aromatic nitrogens is 3. The van der Waals surface area contributed by atoms with Gasteiger partial charge in [0.25, 0.3) is 5.56 Å². The molecule has 0 amide bonds. The molecule has 2 heterocycles. The summed E-state index contributed by atoms with van der Waals surface area (Å²) in [6, 6.07) is 7.66. The van der Waals surface area contributed by atoms with Crippen LogP contribution in [-0.2, 0) is 11.3 Å². The predicted octanol–water partition coefficient (Wildman–Crippen LogP) is 1.35. The standard InChI is InChI=1S/C16H16N4O4S2/c1-24-7-6-20-13(17)12(14(22)19-15(20)23)10(21)8-25-16-18-9-4-2-3-5-11(9)26-16/h2-5H,6-8,17H2,1H3,(H,19,22,23). The highest BCUT2D eigenvalue weighted by molar-refractivity contribution is 8.01. The predicted molar refractivity (Wildman–Crippen MR) is 102 cm³/mol. The lowest BCUT2D eigenvalue weighted by atomic mass is 10.2. The average molecular weight is 392 g/mol. The number of nitrogens with two attached hydrogens (primary N) is 1. The van der Waals surface area contributed by atoms with E-state index in [1.807, 2.05) is 24.3 Å². The smallest absolute Gasteiger partial charge is 0.330 e. The molecule has 26 heavy (non-hydrogen) atoms. The van der Waals surface area contributed by atoms with Crippen LogP contribution in [0.3, 0.4) is 0 Å². The lowest BCUT2D eigenvalue weighted by molar-refractivity contribution is 0.102. The Bertz CT molecular complexity index is 1040. The Morgan fingerprint density at radius 3 is 2.88 bits per heavy atom. The summed E-state index contributed by atoms with van der Waals surface area (Å²) in [4.78, 5) is 43.0. The Labute approximate surface area is 156 Å². The zero-order chi connectivity index (χ0) is 18.7. The molecule has 2 aromatic heterocycles. The van der Waals surface area contributed by atoms with Crippen molar-refractivity contribution >= 4 is 44.9 Å². The Hall–Kier alpha value is -2.43. The molecule has 0 aliphatic rings. The number of thiazole rings is 1. The first-order valence-electron chi connectivity index (χ1n) is 7.64. The summed E-state index contributed by atoms with van der Waals surface area (Å²) in [5, 5.41) is 0. The first-order valence-corrected chi connectivity index (χ1v) is 9.44. The monoisotopic (exact) mass is 392 g/mol. The molecule has 0 spiro atoms. The molecule has 0 aliphatic heterocycles. The molecular weight excluding hydrogens is 376 g/mol. The minimum atomic E-state index is -0.781. The topological polar surface area (TPSA) is 120 Å². The highest BCUT2D eigenvalue weighted by Gasteiger charge is 2.20. The Morgan fingerprint density at radius 1 is 1.38 bits per heavy atom. The SMILES string of the molecule is COCCn1c(N)c(C(=O)CSc2nc3ccccc3s2)c(=O)[nH]c1=O. The summed E-state index contributed by atoms with van der Waals surface area (Å²) < 4.78 is 7.79. The minimum absolute atomic E-state index is 0.00438. The van der Waals surface area contributed by atoms with Crippen molar-refractivity contribution in [1.29, 1.82) is 0 Å². The quantitative estimate of drug-likeness (QED) is 0.460. The van der Waals surface area contributed by atoms with Gasteiger partial charge in [-0.1, -0.05) is 23.9 Å². The zero-order valence-corrected chi connectivity index (χ0v) is 15.5. The van der Waals surface area contributed by atoms with Gasteiger partial charge in [-0.05, 0) is 12.1 Å². The maximum Gasteiger partial charge on any atom is 0.330 e. The molecule has 0 saturated carbocycles. The second-order valence-corrected chi connectivity index (χ2v) is 7.58. The van der Waals surface area contributed by atoms with Gasteiger partial charge in [0.05, 0.1) is 29.1 Å². The van der Waals surface area contributed by atoms with E-state index in [2.05, 4.69) is 9.97 Å². The van der Waals surface area contributed by atoms with Gasteiger partial charge in [0.2, 0.25) is 0 Å². The fourth-order valence-corrected chi connectivity index (χ4v) is 4.31. The van der Waals surface area contributed by atoms with E-state index in [9.17, 15) is 14.4 Å². The van der Waals surface area contributed by atoms with Crippen molar-refractivity contribution in [3.63, 3.8) is 0 Å². The Morgan fingerprint density at radius 2 is 2.15 bits per heavy atom. The first-order chi connectivity index (χ1) is 12.5. The Kier molecular flexibility index (Phi) is 5.55. The number of carbonyl (C=O) groups is 1. The van der Waals surface area contributed by atoms with Crippen molar-refractivity contribution in [2.24, 2.45) is 0 Å². The van der Waals surface area contributed by atoms with Crippen LogP contribution in [0, 0.1) is 0 Å². The molecule has 136 valence electrons. The number of methoxy groups -OCH3 is 1. The van der Waals surface area contributed by atoms with Crippen LogP contribution in [0.25, 0.3) is 10.2 Å². The van der Waals surface area contributed by atoms with Crippen molar-refractivity contribution in [2.75, 3.05) is 25.2 Å². The number of aromatic amines is 1. The molecule has 3 rings (SSSR count). The van der Waals surface area contributed by atoms with E-state index in [0.717, 1.165) is 19.1 Å². The van der Waals surface area contributed by atoms with Crippen LogP contribution in [0.2, 0.25) is 0 Å². The highest BCUT2D eigenvalue weighted by Crippen LogP contribution is 2.29. The lowest BCUT2D eigenvalue weighted by Gasteiger charge is -2.11. The third kappa shape index (κ3) is 3.71. The number of H-pyrrole nitrogens is 1. The number of ketones is 1. The summed E-state index contributed by atoms with van der Waals surface area (Å²) in [5.41, 5.74) is 5.10. The van der Waals surface area contributed by atoms with E-state index in [4.69, 9.17) is 10.5 Å². The van der Waals surface area contributed by atoms with Gasteiger partial charge >= 0.3 is 5.69 Å². The number of Topliss-reactive ketones (excluding diaryl/α,β-unsaturated/α-hetero) is 1. The van der Waals surface area contributed by atoms with Crippen LogP contribution < -0.4 is 17.0 Å². The molecule has 0 unspecified atom stereocenters. The summed E-state index contributed by atoms with van der Waals surface area (Å²) in [6.07, 6.45) is 0.